The molecular formula is C17H22N2O3. The van der Waals surface area contributed by atoms with Crippen molar-refractivity contribution < 1.29 is 14.7 Å². The number of amides is 1. The second kappa shape index (κ2) is 7.22. The SMILES string of the molecule is CN(C)CC1CCN(C(=O)/C=C/c2ccc(C(=O)O)cc2)C1. The standard InChI is InChI=1S/C17H22N2O3/c1-18(2)11-14-9-10-19(12-14)16(20)8-5-13-3-6-15(7-4-13)17(21)22/h3-8,14H,9-12H2,1-2H3,(H,21,22)/b8-5+. The van der Waals surface area contributed by atoms with Crippen molar-refractivity contribution in [2.75, 3.05) is 33.7 Å². The maximum atomic E-state index is 12.2. The fourth-order valence-corrected chi connectivity index (χ4v) is 2.71. The lowest BCUT2D eigenvalue weighted by Crippen LogP contribution is -2.29. The lowest BCUT2D eigenvalue weighted by atomic mass is 10.1. The van der Waals surface area contributed by atoms with Gasteiger partial charge >= 0.3 is 5.97 Å². The molecule has 0 aliphatic carbocycles. The summed E-state index contributed by atoms with van der Waals surface area (Å²) in [6, 6.07) is 6.48. The van der Waals surface area contributed by atoms with E-state index in [2.05, 4.69) is 4.90 Å². The monoisotopic (exact) mass is 302 g/mol. The molecule has 1 atom stereocenters. The molecule has 1 fully saturated rings. The highest BCUT2D eigenvalue weighted by Crippen LogP contribution is 2.17. The van der Waals surface area contributed by atoms with Crippen LogP contribution < -0.4 is 0 Å². The van der Waals surface area contributed by atoms with E-state index in [9.17, 15) is 9.59 Å². The van der Waals surface area contributed by atoms with E-state index in [-0.39, 0.29) is 11.5 Å². The van der Waals surface area contributed by atoms with E-state index < -0.39 is 5.97 Å². The number of likely N-dealkylation sites (tertiary alicyclic amines) is 1. The second-order valence-electron chi connectivity index (χ2n) is 5.96. The van der Waals surface area contributed by atoms with Gasteiger partial charge in [0, 0.05) is 25.7 Å². The van der Waals surface area contributed by atoms with Gasteiger partial charge in [-0.05, 0) is 50.2 Å². The maximum Gasteiger partial charge on any atom is 0.335 e. The number of aromatic carboxylic acids is 1. The molecule has 1 N–H and O–H groups in total. The summed E-state index contributed by atoms with van der Waals surface area (Å²) in [4.78, 5) is 27.0. The lowest BCUT2D eigenvalue weighted by molar-refractivity contribution is -0.125. The molecule has 0 spiro atoms. The minimum absolute atomic E-state index is 0.0172. The topological polar surface area (TPSA) is 60.9 Å². The van der Waals surface area contributed by atoms with Gasteiger partial charge in [-0.25, -0.2) is 4.79 Å². The van der Waals surface area contributed by atoms with E-state index >= 15 is 0 Å². The van der Waals surface area contributed by atoms with E-state index in [1.54, 1.807) is 24.3 Å². The smallest absolute Gasteiger partial charge is 0.335 e. The Morgan fingerprint density at radius 1 is 1.32 bits per heavy atom. The molecule has 0 aromatic heterocycles. The summed E-state index contributed by atoms with van der Waals surface area (Å²) in [5, 5.41) is 8.84. The molecule has 1 aliphatic heterocycles. The highest BCUT2D eigenvalue weighted by Gasteiger charge is 2.25. The molecule has 1 aliphatic rings. The molecule has 22 heavy (non-hydrogen) atoms. The molecule has 1 heterocycles. The van der Waals surface area contributed by atoms with Gasteiger partial charge in [0.05, 0.1) is 5.56 Å². The van der Waals surface area contributed by atoms with Crippen LogP contribution in [0.4, 0.5) is 0 Å². The first-order valence-electron chi connectivity index (χ1n) is 7.41. The van der Waals surface area contributed by atoms with Crippen molar-refractivity contribution in [3.63, 3.8) is 0 Å². The van der Waals surface area contributed by atoms with Gasteiger partial charge in [-0.15, -0.1) is 0 Å². The quantitative estimate of drug-likeness (QED) is 0.843. The van der Waals surface area contributed by atoms with E-state index in [1.165, 1.54) is 12.1 Å². The van der Waals surface area contributed by atoms with Crippen molar-refractivity contribution in [1.29, 1.82) is 0 Å². The number of benzene rings is 1. The van der Waals surface area contributed by atoms with Crippen molar-refractivity contribution in [3.05, 3.63) is 41.5 Å². The summed E-state index contributed by atoms with van der Waals surface area (Å²) in [7, 11) is 4.09. The van der Waals surface area contributed by atoms with Gasteiger partial charge in [0.25, 0.3) is 0 Å². The van der Waals surface area contributed by atoms with Crippen LogP contribution in [0.2, 0.25) is 0 Å². The predicted octanol–water partition coefficient (Wildman–Crippen LogP) is 1.81. The van der Waals surface area contributed by atoms with E-state index in [4.69, 9.17) is 5.11 Å². The molecule has 1 aromatic rings. The zero-order valence-corrected chi connectivity index (χ0v) is 13.0. The van der Waals surface area contributed by atoms with Crippen LogP contribution in [0.15, 0.2) is 30.3 Å². The summed E-state index contributed by atoms with van der Waals surface area (Å²) < 4.78 is 0. The summed E-state index contributed by atoms with van der Waals surface area (Å²) in [5.74, 6) is -0.388. The molecule has 1 aromatic carbocycles. The van der Waals surface area contributed by atoms with Crippen LogP contribution in [-0.4, -0.2) is 60.5 Å². The molecule has 1 saturated heterocycles. The molecule has 1 unspecified atom stereocenters. The summed E-state index contributed by atoms with van der Waals surface area (Å²) in [6.07, 6.45) is 4.34. The highest BCUT2D eigenvalue weighted by molar-refractivity contribution is 5.92. The third-order valence-corrected chi connectivity index (χ3v) is 3.80. The molecule has 118 valence electrons. The zero-order chi connectivity index (χ0) is 16.1. The van der Waals surface area contributed by atoms with Crippen LogP contribution in [-0.2, 0) is 4.79 Å². The summed E-state index contributed by atoms with van der Waals surface area (Å²) in [6.45, 7) is 2.61. The summed E-state index contributed by atoms with van der Waals surface area (Å²) >= 11 is 0. The van der Waals surface area contributed by atoms with E-state index in [0.717, 1.165) is 31.6 Å². The van der Waals surface area contributed by atoms with E-state index in [1.807, 2.05) is 19.0 Å². The molecule has 2 rings (SSSR count). The Hall–Kier alpha value is -2.14. The molecule has 0 bridgehead atoms. The number of carboxylic acid groups (broad SMARTS) is 1. The highest BCUT2D eigenvalue weighted by atomic mass is 16.4. The van der Waals surface area contributed by atoms with Crippen molar-refractivity contribution in [2.24, 2.45) is 5.92 Å². The first-order chi connectivity index (χ1) is 10.5. The Bertz CT molecular complexity index is 564. The van der Waals surface area contributed by atoms with Crippen molar-refractivity contribution >= 4 is 18.0 Å². The fourth-order valence-electron chi connectivity index (χ4n) is 2.71. The van der Waals surface area contributed by atoms with Gasteiger partial charge in [-0.1, -0.05) is 12.1 Å². The lowest BCUT2D eigenvalue weighted by Gasteiger charge is -2.17. The first-order valence-corrected chi connectivity index (χ1v) is 7.41. The van der Waals surface area contributed by atoms with Gasteiger partial charge in [0.15, 0.2) is 0 Å². The molecule has 0 saturated carbocycles. The Kier molecular flexibility index (Phi) is 5.33. The molecule has 0 radical (unpaired) electrons. The number of carbonyl (C=O) groups excluding carboxylic acids is 1. The molecule has 5 heteroatoms. The van der Waals surface area contributed by atoms with Crippen LogP contribution in [0.25, 0.3) is 6.08 Å². The number of carboxylic acids is 1. The number of nitrogens with zero attached hydrogens (tertiary/aromatic N) is 2. The number of rotatable bonds is 5. The van der Waals surface area contributed by atoms with Gasteiger partial charge < -0.3 is 14.9 Å². The maximum absolute atomic E-state index is 12.2. The van der Waals surface area contributed by atoms with Crippen LogP contribution in [0.3, 0.4) is 0 Å². The third kappa shape index (κ3) is 4.43. The Morgan fingerprint density at radius 3 is 2.59 bits per heavy atom. The van der Waals surface area contributed by atoms with Crippen molar-refractivity contribution in [3.8, 4) is 0 Å². The van der Waals surface area contributed by atoms with Crippen LogP contribution in [0.5, 0.6) is 0 Å². The normalized spacial score (nSPS) is 18.3. The largest absolute Gasteiger partial charge is 0.478 e. The van der Waals surface area contributed by atoms with Crippen LogP contribution in [0, 0.1) is 5.92 Å². The average Bonchev–Trinajstić information content (AvgIpc) is 2.93. The van der Waals surface area contributed by atoms with Gasteiger partial charge in [-0.3, -0.25) is 4.79 Å². The van der Waals surface area contributed by atoms with Crippen LogP contribution >= 0.6 is 0 Å². The predicted molar refractivity (Wildman–Crippen MR) is 85.7 cm³/mol. The molecule has 1 amide bonds. The average molecular weight is 302 g/mol. The minimum atomic E-state index is -0.949. The van der Waals surface area contributed by atoms with Crippen LogP contribution in [0.1, 0.15) is 22.3 Å². The van der Waals surface area contributed by atoms with Gasteiger partial charge in [-0.2, -0.15) is 0 Å². The van der Waals surface area contributed by atoms with Crippen molar-refractivity contribution in [1.82, 2.24) is 9.80 Å². The third-order valence-electron chi connectivity index (χ3n) is 3.80. The van der Waals surface area contributed by atoms with Crippen molar-refractivity contribution in [2.45, 2.75) is 6.42 Å². The molecule has 5 nitrogen and oxygen atoms in total. The molecular weight excluding hydrogens is 280 g/mol. The number of hydrogen-bond donors (Lipinski definition) is 1. The number of carbonyl (C=O) groups is 2. The summed E-state index contributed by atoms with van der Waals surface area (Å²) in [5.41, 5.74) is 1.07. The second-order valence-corrected chi connectivity index (χ2v) is 5.96. The fraction of sp³-hybridized carbons (Fsp3) is 0.412. The van der Waals surface area contributed by atoms with Gasteiger partial charge in [0.2, 0.25) is 5.91 Å². The van der Waals surface area contributed by atoms with Gasteiger partial charge in [0.1, 0.15) is 0 Å². The van der Waals surface area contributed by atoms with E-state index in [0.29, 0.717) is 5.92 Å². The Labute approximate surface area is 130 Å². The zero-order valence-electron chi connectivity index (χ0n) is 13.0. The number of hydrogen-bond acceptors (Lipinski definition) is 3. The Morgan fingerprint density at radius 2 is 2.00 bits per heavy atom. The first kappa shape index (κ1) is 16.2. The minimum Gasteiger partial charge on any atom is -0.478 e. The Balaban J connectivity index is 1.90.